The zero-order valence-corrected chi connectivity index (χ0v) is 47.6. The Hall–Kier alpha value is 6.19. The van der Waals surface area contributed by atoms with Gasteiger partial charge in [-0.2, -0.15) is 0 Å². The molecule has 228 valence electrons. The molecule has 0 N–H and O–H groups in total. The summed E-state index contributed by atoms with van der Waals surface area (Å²) in [7, 11) is -40.1. The standard InChI is InChI=1S/C6H18O24P6.6Pb/c7-31(8,9)25-1-2(26-32(10,11)12)4(28-34(16,17)18)6(30-36(22,23)24)5(29-35(19,20)21)3(1)27-33(13,14)15;;;;;;/h1-6H,(H2,7,8,9)(H2,10,11,12)(H2,13,14,15)(H2,16,17,18)(H2,19,20,21)(H2,22,23,24);;;;;;/q;6*+2/p-12. The minimum atomic E-state index is -6.68. The van der Waals surface area contributed by atoms with Gasteiger partial charge in [-0.05, 0) is 0 Å². The summed E-state index contributed by atoms with van der Waals surface area (Å²) in [4.78, 5) is 133. The van der Waals surface area contributed by atoms with Crippen molar-refractivity contribution in [2.45, 2.75) is 36.6 Å². The fraction of sp³-hybridized carbons (Fsp3) is 1.00. The molecule has 1 rings (SSSR count). The van der Waals surface area contributed by atoms with Crippen LogP contribution in [0.4, 0.5) is 0 Å². The second-order valence-electron chi connectivity index (χ2n) is 6.10. The summed E-state index contributed by atoms with van der Waals surface area (Å²) in [6.45, 7) is 0. The van der Waals surface area contributed by atoms with Crippen molar-refractivity contribution in [2.75, 3.05) is 0 Å². The second-order valence-corrected chi connectivity index (χ2v) is 12.7. The number of rotatable bonds is 12. The monoisotopic (exact) mass is 1900 g/mol. The van der Waals surface area contributed by atoms with Crippen LogP contribution in [0.5, 0.6) is 0 Å². The molecule has 0 spiro atoms. The molecule has 0 saturated heterocycles. The molecule has 0 aromatic rings. The molecule has 1 fully saturated rings. The first kappa shape index (κ1) is 60.3. The summed E-state index contributed by atoms with van der Waals surface area (Å²) in [5, 5.41) is 0. The van der Waals surface area contributed by atoms with Crippen molar-refractivity contribution in [2.24, 2.45) is 0 Å². The molecule has 0 bridgehead atoms. The van der Waals surface area contributed by atoms with Gasteiger partial charge in [0.05, 0.1) is 46.9 Å². The Balaban J connectivity index is -0.000000540. The number of phosphoric ester groups is 6. The molecule has 0 heterocycles. The van der Waals surface area contributed by atoms with Crippen LogP contribution < -0.4 is 58.7 Å². The number of hydrogen-bond acceptors (Lipinski definition) is 24. The Bertz CT molecular complexity index is 843. The smallest absolute Gasteiger partial charge is 0.790 e. The van der Waals surface area contributed by atoms with Crippen LogP contribution in [0, 0.1) is 0 Å². The van der Waals surface area contributed by atoms with Gasteiger partial charge < -0.3 is 113 Å². The molecule has 1 aliphatic carbocycles. The maximum absolute atomic E-state index is 11.1. The Kier molecular flexibility index (Phi) is 33.0. The predicted octanol–water partition coefficient (Wildman–Crippen LogP) is -13.0. The fourth-order valence-corrected chi connectivity index (χ4v) is 5.96. The minimum Gasteiger partial charge on any atom is -0.790 e. The van der Waals surface area contributed by atoms with Crippen LogP contribution in [0.25, 0.3) is 0 Å². The van der Waals surface area contributed by atoms with Crippen LogP contribution in [0.3, 0.4) is 0 Å². The van der Waals surface area contributed by atoms with Crippen molar-refractivity contribution in [3.8, 4) is 0 Å². The molecule has 24 nitrogen and oxygen atoms in total. The average molecular weight is 1890 g/mol. The largest absolute Gasteiger partial charge is 2.00 e. The topological polar surface area (TPSA) is 435 Å². The molecule has 0 unspecified atom stereocenters. The molecular weight excluding hydrogens is 1890 g/mol. The molecule has 0 aromatic heterocycles. The summed E-state index contributed by atoms with van der Waals surface area (Å²) in [6, 6.07) is 0. The summed E-state index contributed by atoms with van der Waals surface area (Å²) in [6.07, 6.45) is -21.5. The molecule has 1 aliphatic rings. The predicted molar refractivity (Wildman–Crippen MR) is 109 cm³/mol. The zero-order valence-electron chi connectivity index (χ0n) is 18.9. The van der Waals surface area contributed by atoms with Gasteiger partial charge >= 0.3 is 164 Å². The van der Waals surface area contributed by atoms with Crippen molar-refractivity contribution >= 4 is 211 Å². The van der Waals surface area contributed by atoms with Gasteiger partial charge in [-0.3, -0.25) is 0 Å². The van der Waals surface area contributed by atoms with Crippen molar-refractivity contribution in [1.82, 2.24) is 0 Å². The van der Waals surface area contributed by atoms with E-state index in [2.05, 4.69) is 27.1 Å². The van der Waals surface area contributed by atoms with E-state index in [1.54, 1.807) is 0 Å². The van der Waals surface area contributed by atoms with Crippen molar-refractivity contribution < 1.29 is 113 Å². The average Bonchev–Trinajstić information content (AvgIpc) is 2.51. The minimum absolute atomic E-state index is 0. The summed E-state index contributed by atoms with van der Waals surface area (Å²) >= 11 is 0. The zero-order chi connectivity index (χ0) is 28.7. The van der Waals surface area contributed by atoms with Gasteiger partial charge in [0.25, 0.3) is 0 Å². The van der Waals surface area contributed by atoms with E-state index in [0.717, 1.165) is 0 Å². The maximum atomic E-state index is 11.1. The second kappa shape index (κ2) is 23.0. The Morgan fingerprint density at radius 2 is 0.333 bits per heavy atom. The number of hydrogen-bond donors (Lipinski definition) is 0. The Labute approximate surface area is 355 Å². The van der Waals surface area contributed by atoms with Gasteiger partial charge in [0.1, 0.15) is 36.6 Å². The summed E-state index contributed by atoms with van der Waals surface area (Å²) < 4.78 is 88.3. The van der Waals surface area contributed by atoms with Gasteiger partial charge in [-0.15, -0.1) is 0 Å². The van der Waals surface area contributed by atoms with Gasteiger partial charge in [-0.25, -0.2) is 0 Å². The van der Waals surface area contributed by atoms with E-state index in [-0.39, 0.29) is 164 Å². The van der Waals surface area contributed by atoms with Crippen LogP contribution in [0.2, 0.25) is 0 Å². The third-order valence-corrected chi connectivity index (χ3v) is 6.46. The molecule has 42 heavy (non-hydrogen) atoms. The number of phosphoric acid groups is 6. The van der Waals surface area contributed by atoms with E-state index in [0.29, 0.717) is 0 Å². The first-order valence-electron chi connectivity index (χ1n) is 7.80. The molecule has 12 radical (unpaired) electrons. The summed E-state index contributed by atoms with van der Waals surface area (Å²) in [5.74, 6) is 0. The molecule has 0 aromatic carbocycles. The van der Waals surface area contributed by atoms with E-state index in [1.165, 1.54) is 0 Å². The van der Waals surface area contributed by atoms with Crippen LogP contribution in [0.1, 0.15) is 0 Å². The molecule has 0 atom stereocenters. The SMILES string of the molecule is O=P([O-])([O-])OC1C(OP(=O)([O-])[O-])C(OP(=O)([O-])[O-])C(OP(=O)([O-])[O-])C(OP(=O)([O-])[O-])C1OP(=O)([O-])[O-].[Pb+2].[Pb+2].[Pb+2].[Pb+2].[Pb+2].[Pb+2]. The Morgan fingerprint density at radius 3 is 0.381 bits per heavy atom. The molecular formula is C6H6O24P6Pb6. The van der Waals surface area contributed by atoms with E-state index >= 15 is 0 Å². The third kappa shape index (κ3) is 26.0. The van der Waals surface area contributed by atoms with Gasteiger partial charge in [-0.1, -0.05) is 0 Å². The van der Waals surface area contributed by atoms with Crippen molar-refractivity contribution in [1.29, 1.82) is 0 Å². The van der Waals surface area contributed by atoms with Crippen LogP contribution in [-0.4, -0.2) is 200 Å². The third-order valence-electron chi connectivity index (χ3n) is 3.45. The maximum Gasteiger partial charge on any atom is 2.00 e. The molecule has 1 saturated carbocycles. The molecule has 0 amide bonds. The van der Waals surface area contributed by atoms with Gasteiger partial charge in [0, 0.05) is 0 Å². The van der Waals surface area contributed by atoms with E-state index < -0.39 is 83.6 Å². The fourth-order valence-electron chi connectivity index (χ4n) is 2.74. The van der Waals surface area contributed by atoms with Crippen molar-refractivity contribution in [3.05, 3.63) is 0 Å². The van der Waals surface area contributed by atoms with Gasteiger partial charge in [0.2, 0.25) is 0 Å². The quantitative estimate of drug-likeness (QED) is 0.129. The first-order valence-corrected chi connectivity index (χ1v) is 16.6. The molecule has 36 heteroatoms. The van der Waals surface area contributed by atoms with Crippen LogP contribution in [-0.2, 0) is 54.5 Å². The van der Waals surface area contributed by atoms with E-state index in [1.807, 2.05) is 0 Å². The first-order chi connectivity index (χ1) is 15.6. The van der Waals surface area contributed by atoms with E-state index in [4.69, 9.17) is 0 Å². The van der Waals surface area contributed by atoms with Crippen LogP contribution in [0.15, 0.2) is 0 Å². The molecule has 0 aliphatic heterocycles. The normalized spacial score (nSPS) is 25.1. The van der Waals surface area contributed by atoms with E-state index in [9.17, 15) is 86.1 Å². The van der Waals surface area contributed by atoms with Crippen LogP contribution >= 0.6 is 46.9 Å². The van der Waals surface area contributed by atoms with Gasteiger partial charge in [0.15, 0.2) is 0 Å². The van der Waals surface area contributed by atoms with Crippen molar-refractivity contribution in [3.63, 3.8) is 0 Å². The Morgan fingerprint density at radius 1 is 0.262 bits per heavy atom. The summed E-state index contributed by atoms with van der Waals surface area (Å²) in [5.41, 5.74) is 0.